The third-order valence-electron chi connectivity index (χ3n) is 8.72. The molecule has 7 rings (SSSR count). The molecule has 2 aromatic carbocycles. The average Bonchev–Trinajstić information content (AvgIpc) is 3.66. The number of anilines is 4. The average molecular weight is 674 g/mol. The van der Waals surface area contributed by atoms with Crippen molar-refractivity contribution in [3.8, 4) is 5.75 Å². The number of hydrogen-bond acceptors (Lipinski definition) is 11. The first-order valence-electron chi connectivity index (χ1n) is 16.1. The summed E-state index contributed by atoms with van der Waals surface area (Å²) < 4.78 is 21.6. The number of para-hydroxylation sites is 1. The maximum Gasteiger partial charge on any atom is 0.355 e. The number of hydrogen-bond donors (Lipinski definition) is 2. The van der Waals surface area contributed by atoms with Crippen molar-refractivity contribution in [2.24, 2.45) is 0 Å². The second kappa shape index (κ2) is 13.9. The first-order chi connectivity index (χ1) is 22.9. The molecule has 1 saturated heterocycles. The van der Waals surface area contributed by atoms with E-state index in [4.69, 9.17) is 4.74 Å². The van der Waals surface area contributed by atoms with E-state index in [-0.39, 0.29) is 23.9 Å². The van der Waals surface area contributed by atoms with Crippen LogP contribution in [0.3, 0.4) is 0 Å². The Morgan fingerprint density at radius 2 is 1.91 bits per heavy atom. The van der Waals surface area contributed by atoms with Crippen LogP contribution in [0.25, 0.3) is 10.2 Å². The zero-order valence-corrected chi connectivity index (χ0v) is 27.8. The molecule has 0 atom stereocenters. The van der Waals surface area contributed by atoms with Gasteiger partial charge in [0, 0.05) is 22.5 Å². The van der Waals surface area contributed by atoms with Crippen LogP contribution in [0.5, 0.6) is 5.75 Å². The van der Waals surface area contributed by atoms with Gasteiger partial charge in [0.2, 0.25) is 0 Å². The number of nitrogens with zero attached hydrogens (tertiary/aromatic N) is 6. The second-order valence-corrected chi connectivity index (χ2v) is 14.0. The Morgan fingerprint density at radius 1 is 1.04 bits per heavy atom. The quantitative estimate of drug-likeness (QED) is 0.125. The topological polar surface area (TPSA) is 117 Å². The molecule has 2 N–H and O–H groups in total. The number of thiazole rings is 2. The summed E-state index contributed by atoms with van der Waals surface area (Å²) in [5, 5.41) is 23.7. The summed E-state index contributed by atoms with van der Waals surface area (Å²) in [5.41, 5.74) is 3.97. The highest BCUT2D eigenvalue weighted by Crippen LogP contribution is 2.39. The van der Waals surface area contributed by atoms with Crippen LogP contribution in [0, 0.1) is 12.7 Å². The molecular weight excluding hydrogens is 638 g/mol. The number of carboxylic acids is 1. The van der Waals surface area contributed by atoms with Crippen LogP contribution in [-0.4, -0.2) is 68.9 Å². The lowest BCUT2D eigenvalue weighted by molar-refractivity contribution is 0.0690. The number of aryl methyl sites for hydroxylation is 2. The highest BCUT2D eigenvalue weighted by Gasteiger charge is 2.28. The molecule has 5 aromatic rings. The van der Waals surface area contributed by atoms with Crippen molar-refractivity contribution in [3.05, 3.63) is 75.5 Å². The van der Waals surface area contributed by atoms with Crippen molar-refractivity contribution in [1.82, 2.24) is 25.1 Å². The lowest BCUT2D eigenvalue weighted by atomic mass is 10.0. The molecule has 0 saturated carbocycles. The number of nitrogens with one attached hydrogen (secondary N) is 1. The van der Waals surface area contributed by atoms with Crippen LogP contribution in [0.4, 0.5) is 26.3 Å². The Bertz CT molecular complexity index is 1880. The maximum absolute atomic E-state index is 14.7. The molecule has 3 aromatic heterocycles. The maximum atomic E-state index is 14.7. The molecule has 2 aliphatic heterocycles. The molecule has 5 heterocycles. The largest absolute Gasteiger partial charge is 0.491 e. The molecule has 10 nitrogen and oxygen atoms in total. The van der Waals surface area contributed by atoms with E-state index in [0.717, 1.165) is 64.3 Å². The zero-order chi connectivity index (χ0) is 32.3. The second-order valence-electron chi connectivity index (χ2n) is 11.9. The van der Waals surface area contributed by atoms with Crippen molar-refractivity contribution in [2.75, 3.05) is 43.0 Å². The Morgan fingerprint density at radius 3 is 2.70 bits per heavy atom. The summed E-state index contributed by atoms with van der Waals surface area (Å²) >= 11 is 2.91. The van der Waals surface area contributed by atoms with Crippen LogP contribution in [0.1, 0.15) is 57.7 Å². The van der Waals surface area contributed by atoms with Gasteiger partial charge in [-0.3, -0.25) is 0 Å². The van der Waals surface area contributed by atoms with E-state index in [1.165, 1.54) is 30.8 Å². The number of halogens is 1. The predicted molar refractivity (Wildman–Crippen MR) is 184 cm³/mol. The fourth-order valence-corrected chi connectivity index (χ4v) is 8.03. The summed E-state index contributed by atoms with van der Waals surface area (Å²) in [6.07, 6.45) is 5.81. The van der Waals surface area contributed by atoms with Crippen LogP contribution < -0.4 is 15.0 Å². The van der Waals surface area contributed by atoms with Gasteiger partial charge >= 0.3 is 5.97 Å². The SMILES string of the molecule is Cc1c(Nc2nc3ccccc3s2)nnc2c1CCCN2c1nc(C(=O)O)c(CCCOc2ccc(CCCN3CCC3)cc2F)s1. The number of aromatic nitrogens is 4. The van der Waals surface area contributed by atoms with Gasteiger partial charge in [-0.2, -0.15) is 0 Å². The van der Waals surface area contributed by atoms with Gasteiger partial charge in [-0.1, -0.05) is 29.5 Å². The van der Waals surface area contributed by atoms with Gasteiger partial charge in [0.15, 0.2) is 39.2 Å². The fourth-order valence-electron chi connectivity index (χ4n) is 6.05. The van der Waals surface area contributed by atoms with E-state index in [1.54, 1.807) is 23.5 Å². The number of carboxylic acid groups (broad SMARTS) is 1. The summed E-state index contributed by atoms with van der Waals surface area (Å²) in [4.78, 5) is 26.4. The van der Waals surface area contributed by atoms with E-state index >= 15 is 0 Å². The summed E-state index contributed by atoms with van der Waals surface area (Å²) in [7, 11) is 0. The van der Waals surface area contributed by atoms with E-state index in [0.29, 0.717) is 41.0 Å². The summed E-state index contributed by atoms with van der Waals surface area (Å²) in [6, 6.07) is 13.2. The number of fused-ring (bicyclic) bond motifs is 2. The minimum absolute atomic E-state index is 0.0321. The highest BCUT2D eigenvalue weighted by molar-refractivity contribution is 7.22. The predicted octanol–water partition coefficient (Wildman–Crippen LogP) is 7.17. The molecule has 0 radical (unpaired) electrons. The molecule has 0 unspecified atom stereocenters. The lowest BCUT2D eigenvalue weighted by Gasteiger charge is -2.30. The minimum Gasteiger partial charge on any atom is -0.491 e. The molecule has 47 heavy (non-hydrogen) atoms. The normalized spacial score (nSPS) is 14.6. The van der Waals surface area contributed by atoms with Crippen molar-refractivity contribution >= 4 is 60.8 Å². The van der Waals surface area contributed by atoms with E-state index < -0.39 is 5.97 Å². The van der Waals surface area contributed by atoms with Crippen LogP contribution in [0.15, 0.2) is 42.5 Å². The van der Waals surface area contributed by atoms with Crippen molar-refractivity contribution in [1.29, 1.82) is 0 Å². The van der Waals surface area contributed by atoms with Gasteiger partial charge in [0.25, 0.3) is 0 Å². The smallest absolute Gasteiger partial charge is 0.355 e. The van der Waals surface area contributed by atoms with Gasteiger partial charge in [0.1, 0.15) is 0 Å². The molecule has 2 aliphatic rings. The van der Waals surface area contributed by atoms with Crippen LogP contribution in [-0.2, 0) is 19.3 Å². The van der Waals surface area contributed by atoms with Gasteiger partial charge in [-0.25, -0.2) is 19.2 Å². The monoisotopic (exact) mass is 673 g/mol. The zero-order valence-electron chi connectivity index (χ0n) is 26.2. The molecule has 1 fully saturated rings. The van der Waals surface area contributed by atoms with Gasteiger partial charge in [-0.15, -0.1) is 21.5 Å². The number of carbonyl (C=O) groups is 1. The molecule has 0 bridgehead atoms. The Balaban J connectivity index is 0.995. The first-order valence-corrected chi connectivity index (χ1v) is 17.7. The first kappa shape index (κ1) is 31.4. The summed E-state index contributed by atoms with van der Waals surface area (Å²) in [5.74, 6) is 0.133. The lowest BCUT2D eigenvalue weighted by Crippen LogP contribution is -2.37. The fraction of sp³-hybridized carbons (Fsp3) is 0.382. The molecular formula is C34H36FN7O3S2. The third-order valence-corrected chi connectivity index (χ3v) is 10.8. The Labute approximate surface area is 280 Å². The molecule has 13 heteroatoms. The standard InChI is InChI=1S/C34H36FN7O3S2/c1-21-23-9-5-18-42(31(23)40-39-30(21)38-33-36-25-10-2-3-11-27(25)46-33)34-37-29(32(43)44)28(47-34)12-6-19-45-26-14-13-22(20-24(26)35)8-4-15-41-16-7-17-41/h2-3,10-11,13-14,20H,4-9,12,15-19H2,1H3,(H,43,44)(H,36,38,39). The molecule has 0 spiro atoms. The number of likely N-dealkylation sites (tertiary alicyclic amines) is 1. The van der Waals surface area contributed by atoms with Crippen molar-refractivity contribution in [3.63, 3.8) is 0 Å². The van der Waals surface area contributed by atoms with E-state index in [2.05, 4.69) is 30.4 Å². The highest BCUT2D eigenvalue weighted by atomic mass is 32.1. The third kappa shape index (κ3) is 6.92. The van der Waals surface area contributed by atoms with E-state index in [1.807, 2.05) is 42.2 Å². The number of rotatable bonds is 13. The van der Waals surface area contributed by atoms with Gasteiger partial charge < -0.3 is 25.0 Å². The number of ether oxygens (including phenoxy) is 1. The van der Waals surface area contributed by atoms with E-state index in [9.17, 15) is 14.3 Å². The number of benzene rings is 2. The van der Waals surface area contributed by atoms with Crippen LogP contribution in [0.2, 0.25) is 0 Å². The Hall–Kier alpha value is -4.20. The molecule has 0 aliphatic carbocycles. The van der Waals surface area contributed by atoms with Crippen molar-refractivity contribution in [2.45, 2.75) is 51.9 Å². The van der Waals surface area contributed by atoms with Gasteiger partial charge in [0.05, 0.1) is 16.8 Å². The summed E-state index contributed by atoms with van der Waals surface area (Å²) in [6.45, 7) is 6.34. The van der Waals surface area contributed by atoms with Crippen LogP contribution >= 0.6 is 22.7 Å². The minimum atomic E-state index is -1.07. The van der Waals surface area contributed by atoms with Crippen molar-refractivity contribution < 1.29 is 19.0 Å². The number of aromatic carboxylic acids is 1. The molecule has 244 valence electrons. The van der Waals surface area contributed by atoms with Gasteiger partial charge in [-0.05, 0) is 101 Å². The Kier molecular flexibility index (Phi) is 9.27. The molecule has 0 amide bonds.